The zero-order valence-corrected chi connectivity index (χ0v) is 14.3. The van der Waals surface area contributed by atoms with Crippen molar-refractivity contribution in [3.05, 3.63) is 35.9 Å². The van der Waals surface area contributed by atoms with E-state index in [1.807, 2.05) is 30.0 Å². The quantitative estimate of drug-likeness (QED) is 0.722. The lowest BCUT2D eigenvalue weighted by Crippen LogP contribution is -2.38. The average molecular weight is 305 g/mol. The van der Waals surface area contributed by atoms with Crippen LogP contribution < -0.4 is 5.73 Å². The van der Waals surface area contributed by atoms with Crippen LogP contribution in [0.1, 0.15) is 39.2 Å². The Labute approximate surface area is 135 Å². The molecule has 0 aromatic heterocycles. The maximum absolute atomic E-state index is 12.5. The topological polar surface area (TPSA) is 49.6 Å². The van der Waals surface area contributed by atoms with E-state index in [1.165, 1.54) is 5.56 Å². The highest BCUT2D eigenvalue weighted by Crippen LogP contribution is 2.08. The van der Waals surface area contributed by atoms with Crippen LogP contribution in [-0.4, -0.2) is 47.9 Å². The fourth-order valence-corrected chi connectivity index (χ4v) is 2.41. The summed E-state index contributed by atoms with van der Waals surface area (Å²) < 4.78 is 0. The van der Waals surface area contributed by atoms with Gasteiger partial charge in [-0.05, 0) is 32.0 Å². The second kappa shape index (κ2) is 10.4. The molecule has 1 aromatic carbocycles. The van der Waals surface area contributed by atoms with Crippen molar-refractivity contribution in [3.63, 3.8) is 0 Å². The molecule has 0 radical (unpaired) electrons. The highest BCUT2D eigenvalue weighted by Gasteiger charge is 2.15. The van der Waals surface area contributed by atoms with Gasteiger partial charge in [-0.15, -0.1) is 0 Å². The summed E-state index contributed by atoms with van der Waals surface area (Å²) in [5, 5.41) is 0. The maximum Gasteiger partial charge on any atom is 0.222 e. The Hall–Kier alpha value is -1.39. The summed E-state index contributed by atoms with van der Waals surface area (Å²) in [5.74, 6) is 0.202. The van der Waals surface area contributed by atoms with Gasteiger partial charge in [-0.25, -0.2) is 0 Å². The molecule has 0 saturated heterocycles. The average Bonchev–Trinajstić information content (AvgIpc) is 2.53. The molecule has 1 unspecified atom stereocenters. The first kappa shape index (κ1) is 18.7. The summed E-state index contributed by atoms with van der Waals surface area (Å²) in [4.78, 5) is 16.8. The number of benzene rings is 1. The van der Waals surface area contributed by atoms with Gasteiger partial charge in [-0.2, -0.15) is 0 Å². The van der Waals surface area contributed by atoms with Crippen LogP contribution in [0.5, 0.6) is 0 Å². The highest BCUT2D eigenvalue weighted by molar-refractivity contribution is 5.76. The first-order valence-electron chi connectivity index (χ1n) is 8.36. The van der Waals surface area contributed by atoms with Crippen molar-refractivity contribution in [2.75, 3.05) is 26.2 Å². The van der Waals surface area contributed by atoms with Gasteiger partial charge in [0.1, 0.15) is 0 Å². The summed E-state index contributed by atoms with van der Waals surface area (Å²) in [6, 6.07) is 10.3. The van der Waals surface area contributed by atoms with Crippen molar-refractivity contribution in [1.82, 2.24) is 9.80 Å². The van der Waals surface area contributed by atoms with E-state index in [2.05, 4.69) is 30.9 Å². The molecule has 0 aliphatic carbocycles. The van der Waals surface area contributed by atoms with Crippen LogP contribution in [0.3, 0.4) is 0 Å². The van der Waals surface area contributed by atoms with E-state index in [0.29, 0.717) is 13.0 Å². The van der Waals surface area contributed by atoms with Gasteiger partial charge in [-0.1, -0.05) is 44.2 Å². The third-order valence-electron chi connectivity index (χ3n) is 3.96. The van der Waals surface area contributed by atoms with Crippen molar-refractivity contribution >= 4 is 5.91 Å². The summed E-state index contributed by atoms with van der Waals surface area (Å²) in [7, 11) is 0. The number of nitrogens with zero attached hydrogens (tertiary/aromatic N) is 2. The largest absolute Gasteiger partial charge is 0.337 e. The highest BCUT2D eigenvalue weighted by atomic mass is 16.2. The number of likely N-dealkylation sites (N-methyl/N-ethyl adjacent to an activating group) is 1. The molecule has 0 heterocycles. The lowest BCUT2D eigenvalue weighted by molar-refractivity contribution is -0.132. The van der Waals surface area contributed by atoms with Crippen molar-refractivity contribution in [2.45, 2.75) is 46.2 Å². The van der Waals surface area contributed by atoms with Crippen LogP contribution in [0.25, 0.3) is 0 Å². The number of hydrogen-bond acceptors (Lipinski definition) is 3. The van der Waals surface area contributed by atoms with Crippen LogP contribution in [0.15, 0.2) is 30.3 Å². The van der Waals surface area contributed by atoms with Gasteiger partial charge < -0.3 is 15.5 Å². The first-order valence-corrected chi connectivity index (χ1v) is 8.36. The Bertz CT molecular complexity index is 416. The Morgan fingerprint density at radius 1 is 1.14 bits per heavy atom. The molecule has 4 nitrogen and oxygen atoms in total. The van der Waals surface area contributed by atoms with Gasteiger partial charge >= 0.3 is 0 Å². The van der Waals surface area contributed by atoms with Crippen LogP contribution in [0, 0.1) is 0 Å². The van der Waals surface area contributed by atoms with Gasteiger partial charge in [0.05, 0.1) is 0 Å². The molecule has 0 spiro atoms. The van der Waals surface area contributed by atoms with Gasteiger partial charge in [0.2, 0.25) is 5.91 Å². The first-order chi connectivity index (χ1) is 10.6. The number of carbonyl (C=O) groups excluding carboxylic acids is 1. The van der Waals surface area contributed by atoms with Gasteiger partial charge in [-0.3, -0.25) is 4.79 Å². The summed E-state index contributed by atoms with van der Waals surface area (Å²) >= 11 is 0. The summed E-state index contributed by atoms with van der Waals surface area (Å²) in [5.41, 5.74) is 6.96. The second-order valence-electron chi connectivity index (χ2n) is 5.84. The van der Waals surface area contributed by atoms with Gasteiger partial charge in [0.25, 0.3) is 0 Å². The van der Waals surface area contributed by atoms with E-state index in [4.69, 9.17) is 5.73 Å². The molecule has 1 atom stereocenters. The summed E-state index contributed by atoms with van der Waals surface area (Å²) in [6.07, 6.45) is 1.28. The van der Waals surface area contributed by atoms with Gasteiger partial charge in [0, 0.05) is 32.1 Å². The molecule has 1 amide bonds. The smallest absolute Gasteiger partial charge is 0.222 e. The van der Waals surface area contributed by atoms with E-state index in [1.54, 1.807) is 0 Å². The van der Waals surface area contributed by atoms with E-state index in [0.717, 1.165) is 32.6 Å². The van der Waals surface area contributed by atoms with Crippen molar-refractivity contribution in [1.29, 1.82) is 0 Å². The molecular weight excluding hydrogens is 274 g/mol. The molecule has 0 aliphatic heterocycles. The van der Waals surface area contributed by atoms with E-state index in [-0.39, 0.29) is 11.9 Å². The second-order valence-corrected chi connectivity index (χ2v) is 5.84. The molecular formula is C18H31N3O. The molecule has 124 valence electrons. The van der Waals surface area contributed by atoms with E-state index >= 15 is 0 Å². The number of amides is 1. The Balaban J connectivity index is 2.65. The fraction of sp³-hybridized carbons (Fsp3) is 0.611. The number of nitrogens with two attached hydrogens (primary N) is 1. The number of carbonyl (C=O) groups is 1. The minimum Gasteiger partial charge on any atom is -0.337 e. The molecule has 0 saturated carbocycles. The number of rotatable bonds is 10. The van der Waals surface area contributed by atoms with Crippen molar-refractivity contribution < 1.29 is 4.79 Å². The van der Waals surface area contributed by atoms with Crippen molar-refractivity contribution in [2.24, 2.45) is 5.73 Å². The van der Waals surface area contributed by atoms with E-state index < -0.39 is 0 Å². The Kier molecular flexibility index (Phi) is 8.78. The van der Waals surface area contributed by atoms with Crippen LogP contribution >= 0.6 is 0 Å². The molecule has 1 rings (SSSR count). The monoisotopic (exact) mass is 305 g/mol. The van der Waals surface area contributed by atoms with E-state index in [9.17, 15) is 4.79 Å². The lowest BCUT2D eigenvalue weighted by atomic mass is 10.1. The molecule has 22 heavy (non-hydrogen) atoms. The third-order valence-corrected chi connectivity index (χ3v) is 3.96. The molecule has 4 heteroatoms. The van der Waals surface area contributed by atoms with Crippen LogP contribution in [-0.2, 0) is 11.3 Å². The molecule has 0 bridgehead atoms. The normalized spacial score (nSPS) is 12.4. The minimum absolute atomic E-state index is 0.0744. The molecule has 2 N–H and O–H groups in total. The number of hydrogen-bond donors (Lipinski definition) is 1. The van der Waals surface area contributed by atoms with Gasteiger partial charge in [0.15, 0.2) is 0 Å². The SMILES string of the molecule is CCN(CC)CCN(Cc1ccccc1)C(=O)CCC(C)N. The predicted octanol–water partition coefficient (Wildman–Crippen LogP) is 2.48. The molecule has 0 aliphatic rings. The minimum atomic E-state index is 0.0744. The third kappa shape index (κ3) is 7.05. The summed E-state index contributed by atoms with van der Waals surface area (Å²) in [6.45, 7) is 10.7. The zero-order valence-electron chi connectivity index (χ0n) is 14.3. The Morgan fingerprint density at radius 3 is 2.32 bits per heavy atom. The zero-order chi connectivity index (χ0) is 16.4. The molecule has 0 fully saturated rings. The van der Waals surface area contributed by atoms with Crippen LogP contribution in [0.4, 0.5) is 0 Å². The Morgan fingerprint density at radius 2 is 1.77 bits per heavy atom. The van der Waals surface area contributed by atoms with Crippen LogP contribution in [0.2, 0.25) is 0 Å². The standard InChI is InChI=1S/C18H31N3O/c1-4-20(5-2)13-14-21(18(22)12-11-16(3)19)15-17-9-7-6-8-10-17/h6-10,16H,4-5,11-15,19H2,1-3H3. The maximum atomic E-state index is 12.5. The van der Waals surface area contributed by atoms with Crippen molar-refractivity contribution in [3.8, 4) is 0 Å². The molecule has 1 aromatic rings. The predicted molar refractivity (Wildman–Crippen MR) is 92.5 cm³/mol. The fourth-order valence-electron chi connectivity index (χ4n) is 2.41. The lowest BCUT2D eigenvalue weighted by Gasteiger charge is -2.27.